The molecule has 1 aliphatic heterocycles. The number of morpholine rings is 1. The predicted molar refractivity (Wildman–Crippen MR) is 99.7 cm³/mol. The molecule has 2 aromatic rings. The maximum atomic E-state index is 12.8. The van der Waals surface area contributed by atoms with Crippen molar-refractivity contribution in [3.05, 3.63) is 51.2 Å². The van der Waals surface area contributed by atoms with E-state index in [-0.39, 0.29) is 17.9 Å². The quantitative estimate of drug-likeness (QED) is 0.877. The first-order valence-electron chi connectivity index (χ1n) is 8.13. The number of nitrogens with zero attached hydrogens (tertiary/aromatic N) is 1. The second kappa shape index (κ2) is 7.99. The maximum absolute atomic E-state index is 12.8. The highest BCUT2D eigenvalue weighted by molar-refractivity contribution is 7.12. The first-order chi connectivity index (χ1) is 12.1. The highest BCUT2D eigenvalue weighted by Crippen LogP contribution is 2.25. The van der Waals surface area contributed by atoms with E-state index in [1.165, 1.54) is 11.3 Å². The zero-order chi connectivity index (χ0) is 17.8. The lowest BCUT2D eigenvalue weighted by Gasteiger charge is -2.32. The summed E-state index contributed by atoms with van der Waals surface area (Å²) in [5.41, 5.74) is 0.939. The standard InChI is InChI=1S/C18H19ClN2O3S/c1-2-13-11-21(7-8-24-13)18(23)12-5-6-14(19)15(10-12)20-17(22)16-4-3-9-25-16/h3-6,9-10,13H,2,7-8,11H2,1H3,(H,20,22). The van der Waals surface area contributed by atoms with Crippen LogP contribution >= 0.6 is 22.9 Å². The second-order valence-corrected chi connectivity index (χ2v) is 7.13. The van der Waals surface area contributed by atoms with Crippen molar-refractivity contribution in [1.82, 2.24) is 4.90 Å². The summed E-state index contributed by atoms with van der Waals surface area (Å²) < 4.78 is 5.61. The monoisotopic (exact) mass is 378 g/mol. The second-order valence-electron chi connectivity index (χ2n) is 5.78. The average Bonchev–Trinajstić information content (AvgIpc) is 3.18. The van der Waals surface area contributed by atoms with Gasteiger partial charge in [-0.1, -0.05) is 24.6 Å². The van der Waals surface area contributed by atoms with Crippen molar-refractivity contribution in [3.63, 3.8) is 0 Å². The average molecular weight is 379 g/mol. The van der Waals surface area contributed by atoms with Crippen LogP contribution in [0.15, 0.2) is 35.7 Å². The van der Waals surface area contributed by atoms with Crippen molar-refractivity contribution in [2.75, 3.05) is 25.0 Å². The fraction of sp³-hybridized carbons (Fsp3) is 0.333. The van der Waals surface area contributed by atoms with Crippen molar-refractivity contribution < 1.29 is 14.3 Å². The summed E-state index contributed by atoms with van der Waals surface area (Å²) in [6.07, 6.45) is 0.940. The minimum Gasteiger partial charge on any atom is -0.375 e. The number of amides is 2. The number of hydrogen-bond donors (Lipinski definition) is 1. The Morgan fingerprint density at radius 1 is 1.40 bits per heavy atom. The van der Waals surface area contributed by atoms with Crippen LogP contribution in [-0.4, -0.2) is 42.5 Å². The molecule has 5 nitrogen and oxygen atoms in total. The molecule has 3 rings (SSSR count). The van der Waals surface area contributed by atoms with Crippen LogP contribution in [0.1, 0.15) is 33.4 Å². The Bertz CT molecular complexity index is 764. The van der Waals surface area contributed by atoms with E-state index in [4.69, 9.17) is 16.3 Å². The lowest BCUT2D eigenvalue weighted by Crippen LogP contribution is -2.45. The van der Waals surface area contributed by atoms with Gasteiger partial charge in [0.05, 0.1) is 28.3 Å². The first kappa shape index (κ1) is 17.9. The van der Waals surface area contributed by atoms with Crippen LogP contribution in [-0.2, 0) is 4.74 Å². The van der Waals surface area contributed by atoms with Crippen LogP contribution in [0.25, 0.3) is 0 Å². The molecule has 1 aromatic heterocycles. The summed E-state index contributed by atoms with van der Waals surface area (Å²) in [6, 6.07) is 8.50. The minimum absolute atomic E-state index is 0.0722. The number of ether oxygens (including phenoxy) is 1. The van der Waals surface area contributed by atoms with Gasteiger partial charge in [0.2, 0.25) is 0 Å². The van der Waals surface area contributed by atoms with Crippen molar-refractivity contribution in [2.45, 2.75) is 19.4 Å². The van der Waals surface area contributed by atoms with Gasteiger partial charge in [0.1, 0.15) is 0 Å². The molecule has 25 heavy (non-hydrogen) atoms. The Hall–Kier alpha value is -1.89. The van der Waals surface area contributed by atoms with Crippen LogP contribution in [0, 0.1) is 0 Å². The van der Waals surface area contributed by atoms with Gasteiger partial charge in [-0.05, 0) is 36.1 Å². The van der Waals surface area contributed by atoms with E-state index in [0.29, 0.717) is 40.8 Å². The number of benzene rings is 1. The molecule has 1 aromatic carbocycles. The van der Waals surface area contributed by atoms with Gasteiger partial charge in [-0.2, -0.15) is 0 Å². The first-order valence-corrected chi connectivity index (χ1v) is 9.39. The lowest BCUT2D eigenvalue weighted by molar-refractivity contribution is -0.0226. The molecular formula is C18H19ClN2O3S. The maximum Gasteiger partial charge on any atom is 0.265 e. The molecule has 2 heterocycles. The number of hydrogen-bond acceptors (Lipinski definition) is 4. The number of halogens is 1. The SMILES string of the molecule is CCC1CN(C(=O)c2ccc(Cl)c(NC(=O)c3cccs3)c2)CCO1. The van der Waals surface area contributed by atoms with E-state index in [1.54, 1.807) is 29.2 Å². The number of carbonyl (C=O) groups excluding carboxylic acids is 2. The Morgan fingerprint density at radius 2 is 2.24 bits per heavy atom. The molecule has 1 N–H and O–H groups in total. The zero-order valence-corrected chi connectivity index (χ0v) is 15.4. The largest absolute Gasteiger partial charge is 0.375 e. The fourth-order valence-electron chi connectivity index (χ4n) is 2.68. The molecule has 7 heteroatoms. The number of rotatable bonds is 4. The van der Waals surface area contributed by atoms with Crippen molar-refractivity contribution >= 4 is 40.4 Å². The molecular weight excluding hydrogens is 360 g/mol. The van der Waals surface area contributed by atoms with Gasteiger partial charge in [0.25, 0.3) is 11.8 Å². The van der Waals surface area contributed by atoms with E-state index >= 15 is 0 Å². The third-order valence-electron chi connectivity index (χ3n) is 4.09. The van der Waals surface area contributed by atoms with E-state index < -0.39 is 0 Å². The van der Waals surface area contributed by atoms with Crippen LogP contribution < -0.4 is 5.32 Å². The van der Waals surface area contributed by atoms with E-state index in [0.717, 1.165) is 6.42 Å². The zero-order valence-electron chi connectivity index (χ0n) is 13.8. The summed E-state index contributed by atoms with van der Waals surface area (Å²) in [7, 11) is 0. The summed E-state index contributed by atoms with van der Waals surface area (Å²) >= 11 is 7.53. The van der Waals surface area contributed by atoms with E-state index in [2.05, 4.69) is 5.32 Å². The third kappa shape index (κ3) is 4.21. The summed E-state index contributed by atoms with van der Waals surface area (Å²) in [6.45, 7) is 3.72. The van der Waals surface area contributed by atoms with Gasteiger partial charge in [-0.15, -0.1) is 11.3 Å². The molecule has 0 spiro atoms. The molecule has 0 bridgehead atoms. The number of anilines is 1. The topological polar surface area (TPSA) is 58.6 Å². The number of nitrogens with one attached hydrogen (secondary N) is 1. The molecule has 1 fully saturated rings. The summed E-state index contributed by atoms with van der Waals surface area (Å²) in [5, 5.41) is 5.01. The Kier molecular flexibility index (Phi) is 5.73. The molecule has 0 radical (unpaired) electrons. The normalized spacial score (nSPS) is 17.4. The Labute approximate surface area is 155 Å². The van der Waals surface area contributed by atoms with Crippen LogP contribution in [0.5, 0.6) is 0 Å². The molecule has 1 aliphatic rings. The van der Waals surface area contributed by atoms with Crippen molar-refractivity contribution in [3.8, 4) is 0 Å². The van der Waals surface area contributed by atoms with E-state index in [9.17, 15) is 9.59 Å². The van der Waals surface area contributed by atoms with Crippen LogP contribution in [0.2, 0.25) is 5.02 Å². The molecule has 1 unspecified atom stereocenters. The highest BCUT2D eigenvalue weighted by atomic mass is 35.5. The molecule has 1 saturated heterocycles. The highest BCUT2D eigenvalue weighted by Gasteiger charge is 2.24. The molecule has 2 amide bonds. The van der Waals surface area contributed by atoms with Gasteiger partial charge >= 0.3 is 0 Å². The van der Waals surface area contributed by atoms with Gasteiger partial charge in [-0.3, -0.25) is 9.59 Å². The predicted octanol–water partition coefficient (Wildman–Crippen LogP) is 3.90. The van der Waals surface area contributed by atoms with Gasteiger partial charge in [-0.25, -0.2) is 0 Å². The Balaban J connectivity index is 1.76. The van der Waals surface area contributed by atoms with Crippen molar-refractivity contribution in [1.29, 1.82) is 0 Å². The number of thiophene rings is 1. The fourth-order valence-corrected chi connectivity index (χ4v) is 3.46. The van der Waals surface area contributed by atoms with Gasteiger partial charge in [0, 0.05) is 18.7 Å². The summed E-state index contributed by atoms with van der Waals surface area (Å²) in [5.74, 6) is -0.316. The third-order valence-corrected chi connectivity index (χ3v) is 5.29. The molecule has 0 aliphatic carbocycles. The van der Waals surface area contributed by atoms with Gasteiger partial charge in [0.15, 0.2) is 0 Å². The van der Waals surface area contributed by atoms with E-state index in [1.807, 2.05) is 18.4 Å². The molecule has 0 saturated carbocycles. The van der Waals surface area contributed by atoms with Crippen LogP contribution in [0.4, 0.5) is 5.69 Å². The molecule has 132 valence electrons. The number of carbonyl (C=O) groups is 2. The molecule has 1 atom stereocenters. The lowest BCUT2D eigenvalue weighted by atomic mass is 10.1. The van der Waals surface area contributed by atoms with Gasteiger partial charge < -0.3 is 15.0 Å². The smallest absolute Gasteiger partial charge is 0.265 e. The van der Waals surface area contributed by atoms with Crippen molar-refractivity contribution in [2.24, 2.45) is 0 Å². The minimum atomic E-state index is -0.237. The summed E-state index contributed by atoms with van der Waals surface area (Å²) in [4.78, 5) is 27.3. The van der Waals surface area contributed by atoms with Crippen LogP contribution in [0.3, 0.4) is 0 Å². The Morgan fingerprint density at radius 3 is 2.96 bits per heavy atom.